The van der Waals surface area contributed by atoms with Gasteiger partial charge in [0.15, 0.2) is 0 Å². The molecule has 0 saturated carbocycles. The number of hydrogen-bond acceptors (Lipinski definition) is 2. The molecule has 0 aliphatic rings. The van der Waals surface area contributed by atoms with Gasteiger partial charge in [-0.2, -0.15) is 0 Å². The molecule has 2 rings (SSSR count). The van der Waals surface area contributed by atoms with Crippen molar-refractivity contribution >= 4 is 33.4 Å². The van der Waals surface area contributed by atoms with Gasteiger partial charge in [0.1, 0.15) is 11.6 Å². The Kier molecular flexibility index (Phi) is 4.32. The summed E-state index contributed by atoms with van der Waals surface area (Å²) in [7, 11) is 0. The number of halogens is 3. The van der Waals surface area contributed by atoms with E-state index in [1.54, 1.807) is 0 Å². The molecule has 0 unspecified atom stereocenters. The van der Waals surface area contributed by atoms with E-state index < -0.39 is 23.4 Å². The van der Waals surface area contributed by atoms with Crippen LogP contribution in [-0.4, -0.2) is 11.8 Å². The molecule has 0 bridgehead atoms. The van der Waals surface area contributed by atoms with Crippen LogP contribution in [0.25, 0.3) is 0 Å². The molecule has 4 nitrogen and oxygen atoms in total. The molecule has 0 radical (unpaired) electrons. The molecule has 0 heterocycles. The molecule has 0 fully saturated rings. The lowest BCUT2D eigenvalue weighted by Crippen LogP contribution is -2.16. The number of anilines is 1. The first-order valence-electron chi connectivity index (χ1n) is 5.74. The van der Waals surface area contributed by atoms with E-state index in [1.807, 2.05) is 0 Å². The molecule has 7 heteroatoms. The molecule has 2 aromatic rings. The van der Waals surface area contributed by atoms with E-state index >= 15 is 0 Å². The summed E-state index contributed by atoms with van der Waals surface area (Å²) in [5.74, 6) is -2.91. The summed E-state index contributed by atoms with van der Waals surface area (Å²) >= 11 is 2.98. The van der Waals surface area contributed by atoms with Gasteiger partial charge >= 0.3 is 0 Å². The fraction of sp³-hybridized carbons (Fsp3) is 0. The van der Waals surface area contributed by atoms with E-state index in [1.165, 1.54) is 18.2 Å². The molecule has 21 heavy (non-hydrogen) atoms. The van der Waals surface area contributed by atoms with Crippen molar-refractivity contribution in [1.29, 1.82) is 0 Å². The van der Waals surface area contributed by atoms with Gasteiger partial charge < -0.3 is 11.1 Å². The fourth-order valence-electron chi connectivity index (χ4n) is 1.63. The quantitative estimate of drug-likeness (QED) is 0.888. The number of benzene rings is 2. The second-order valence-electron chi connectivity index (χ2n) is 4.14. The van der Waals surface area contributed by atoms with Crippen molar-refractivity contribution in [2.75, 3.05) is 5.32 Å². The van der Waals surface area contributed by atoms with Gasteiger partial charge in [-0.25, -0.2) is 8.78 Å². The molecule has 3 N–H and O–H groups in total. The van der Waals surface area contributed by atoms with E-state index in [0.717, 1.165) is 18.2 Å². The highest BCUT2D eigenvalue weighted by Gasteiger charge is 2.12. The van der Waals surface area contributed by atoms with Crippen LogP contribution in [0.2, 0.25) is 0 Å². The summed E-state index contributed by atoms with van der Waals surface area (Å²) in [5.41, 5.74) is 4.94. The van der Waals surface area contributed by atoms with Crippen LogP contribution in [0.4, 0.5) is 14.5 Å². The lowest BCUT2D eigenvalue weighted by Gasteiger charge is -2.07. The fourth-order valence-corrected chi connectivity index (χ4v) is 1.88. The number of carbonyl (C=O) groups excluding carboxylic acids is 2. The van der Waals surface area contributed by atoms with Gasteiger partial charge in [0.25, 0.3) is 11.8 Å². The van der Waals surface area contributed by atoms with Crippen molar-refractivity contribution in [2.24, 2.45) is 5.73 Å². The summed E-state index contributed by atoms with van der Waals surface area (Å²) in [6.07, 6.45) is 0. The Bertz CT molecular complexity index is 735. The minimum Gasteiger partial charge on any atom is -0.366 e. The van der Waals surface area contributed by atoms with Gasteiger partial charge in [-0.15, -0.1) is 0 Å². The third-order valence-electron chi connectivity index (χ3n) is 2.67. The van der Waals surface area contributed by atoms with Gasteiger partial charge in [-0.1, -0.05) is 0 Å². The molecular weight excluding hydrogens is 346 g/mol. The first-order chi connectivity index (χ1) is 9.88. The van der Waals surface area contributed by atoms with Crippen LogP contribution < -0.4 is 11.1 Å². The Labute approximate surface area is 127 Å². The number of nitrogens with one attached hydrogen (secondary N) is 1. The summed E-state index contributed by atoms with van der Waals surface area (Å²) in [5, 5.41) is 2.43. The molecular formula is C14H9BrF2N2O2. The Morgan fingerprint density at radius 1 is 1.05 bits per heavy atom. The van der Waals surface area contributed by atoms with E-state index in [2.05, 4.69) is 21.2 Å². The Morgan fingerprint density at radius 3 is 2.38 bits per heavy atom. The maximum absolute atomic E-state index is 13.4. The number of primary amides is 1. The van der Waals surface area contributed by atoms with Crippen molar-refractivity contribution in [3.8, 4) is 0 Å². The van der Waals surface area contributed by atoms with Crippen molar-refractivity contribution in [3.05, 3.63) is 63.6 Å². The van der Waals surface area contributed by atoms with Crippen molar-refractivity contribution in [1.82, 2.24) is 0 Å². The zero-order valence-electron chi connectivity index (χ0n) is 10.5. The van der Waals surface area contributed by atoms with Crippen LogP contribution in [0.3, 0.4) is 0 Å². The zero-order chi connectivity index (χ0) is 15.6. The van der Waals surface area contributed by atoms with Crippen molar-refractivity contribution in [2.45, 2.75) is 0 Å². The van der Waals surface area contributed by atoms with Gasteiger partial charge in [0, 0.05) is 11.3 Å². The third kappa shape index (κ3) is 3.43. The van der Waals surface area contributed by atoms with E-state index in [4.69, 9.17) is 5.73 Å². The van der Waals surface area contributed by atoms with Gasteiger partial charge in [0.2, 0.25) is 0 Å². The Morgan fingerprint density at radius 2 is 1.76 bits per heavy atom. The highest BCUT2D eigenvalue weighted by Crippen LogP contribution is 2.19. The maximum atomic E-state index is 13.4. The predicted octanol–water partition coefficient (Wildman–Crippen LogP) is 3.08. The summed E-state index contributed by atoms with van der Waals surface area (Å²) in [6.45, 7) is 0. The summed E-state index contributed by atoms with van der Waals surface area (Å²) in [6, 6.07) is 7.26. The largest absolute Gasteiger partial charge is 0.366 e. The number of hydrogen-bond donors (Lipinski definition) is 2. The highest BCUT2D eigenvalue weighted by atomic mass is 79.9. The number of amides is 2. The molecule has 0 aliphatic heterocycles. The first kappa shape index (κ1) is 15.1. The standard InChI is InChI=1S/C14H9BrF2N2O2/c15-10-3-1-7(5-12(10)17)14(21)19-8-2-4-11(16)9(6-8)13(18)20/h1-6H,(H2,18,20)(H,19,21). The normalized spacial score (nSPS) is 10.2. The van der Waals surface area contributed by atoms with Crippen molar-refractivity contribution in [3.63, 3.8) is 0 Å². The van der Waals surface area contributed by atoms with Crippen LogP contribution in [0, 0.1) is 11.6 Å². The van der Waals surface area contributed by atoms with Crippen molar-refractivity contribution < 1.29 is 18.4 Å². The molecule has 108 valence electrons. The molecule has 0 aromatic heterocycles. The predicted molar refractivity (Wildman–Crippen MR) is 77.0 cm³/mol. The van der Waals surface area contributed by atoms with Crippen LogP contribution in [0.1, 0.15) is 20.7 Å². The summed E-state index contributed by atoms with van der Waals surface area (Å²) in [4.78, 5) is 23.0. The van der Waals surface area contributed by atoms with E-state index in [-0.39, 0.29) is 21.3 Å². The summed E-state index contributed by atoms with van der Waals surface area (Å²) < 4.78 is 26.9. The van der Waals surface area contributed by atoms with Gasteiger partial charge in [-0.05, 0) is 52.3 Å². The molecule has 2 aromatic carbocycles. The minimum atomic E-state index is -0.946. The second kappa shape index (κ2) is 6.01. The molecule has 0 aliphatic carbocycles. The minimum absolute atomic E-state index is 0.0839. The number of rotatable bonds is 3. The number of carbonyl (C=O) groups is 2. The zero-order valence-corrected chi connectivity index (χ0v) is 12.1. The van der Waals surface area contributed by atoms with Gasteiger partial charge in [-0.3, -0.25) is 9.59 Å². The van der Waals surface area contributed by atoms with E-state index in [9.17, 15) is 18.4 Å². The van der Waals surface area contributed by atoms with Gasteiger partial charge in [0.05, 0.1) is 10.0 Å². The Balaban J connectivity index is 2.25. The maximum Gasteiger partial charge on any atom is 0.255 e. The topological polar surface area (TPSA) is 72.2 Å². The monoisotopic (exact) mass is 354 g/mol. The first-order valence-corrected chi connectivity index (χ1v) is 6.53. The molecule has 0 spiro atoms. The van der Waals surface area contributed by atoms with Crippen LogP contribution in [0.5, 0.6) is 0 Å². The number of nitrogens with two attached hydrogens (primary N) is 1. The van der Waals surface area contributed by atoms with E-state index in [0.29, 0.717) is 0 Å². The lowest BCUT2D eigenvalue weighted by atomic mass is 10.1. The third-order valence-corrected chi connectivity index (χ3v) is 3.31. The average Bonchev–Trinajstić information content (AvgIpc) is 2.43. The lowest BCUT2D eigenvalue weighted by molar-refractivity contribution is 0.0992. The van der Waals surface area contributed by atoms with Crippen LogP contribution >= 0.6 is 15.9 Å². The smallest absolute Gasteiger partial charge is 0.255 e. The van der Waals surface area contributed by atoms with Crippen LogP contribution in [0.15, 0.2) is 40.9 Å². The highest BCUT2D eigenvalue weighted by molar-refractivity contribution is 9.10. The second-order valence-corrected chi connectivity index (χ2v) is 5.00. The average molecular weight is 355 g/mol. The molecule has 0 saturated heterocycles. The SMILES string of the molecule is NC(=O)c1cc(NC(=O)c2ccc(Br)c(F)c2)ccc1F. The molecule has 0 atom stereocenters. The van der Waals surface area contributed by atoms with Crippen LogP contribution in [-0.2, 0) is 0 Å². The molecule has 2 amide bonds. The Hall–Kier alpha value is -2.28.